The summed E-state index contributed by atoms with van der Waals surface area (Å²) in [6.45, 7) is 0.330. The summed E-state index contributed by atoms with van der Waals surface area (Å²) in [7, 11) is 0. The summed E-state index contributed by atoms with van der Waals surface area (Å²) < 4.78 is 1.24. The van der Waals surface area contributed by atoms with Gasteiger partial charge in [-0.25, -0.2) is 9.48 Å². The average molecular weight is 253 g/mol. The highest BCUT2D eigenvalue weighted by Crippen LogP contribution is 2.18. The summed E-state index contributed by atoms with van der Waals surface area (Å²) in [6.07, 6.45) is 1.10. The van der Waals surface area contributed by atoms with E-state index in [1.165, 1.54) is 4.68 Å². The fourth-order valence-corrected chi connectivity index (χ4v) is 2.08. The minimum atomic E-state index is -0.500. The van der Waals surface area contributed by atoms with Gasteiger partial charge in [0.1, 0.15) is 6.20 Å². The first kappa shape index (κ1) is 11.4. The maximum atomic E-state index is 11.6. The van der Waals surface area contributed by atoms with Crippen LogP contribution in [0.4, 0.5) is 0 Å². The van der Waals surface area contributed by atoms with Crippen LogP contribution in [-0.2, 0) is 6.54 Å². The Balaban J connectivity index is 2.11. The third-order valence-corrected chi connectivity index (χ3v) is 2.98. The Morgan fingerprint density at radius 2 is 1.84 bits per heavy atom. The van der Waals surface area contributed by atoms with Crippen LogP contribution < -0.4 is 11.2 Å². The molecule has 1 N–H and O–H groups in total. The third-order valence-electron chi connectivity index (χ3n) is 2.98. The first-order valence-electron chi connectivity index (χ1n) is 5.87. The topological polar surface area (TPSA) is 67.8 Å². The van der Waals surface area contributed by atoms with Crippen molar-refractivity contribution in [3.63, 3.8) is 0 Å². The summed E-state index contributed by atoms with van der Waals surface area (Å²) in [5.41, 5.74) is -0.000599. The van der Waals surface area contributed by atoms with Crippen LogP contribution in [-0.4, -0.2) is 14.8 Å². The molecule has 0 saturated heterocycles. The molecule has 0 spiro atoms. The van der Waals surface area contributed by atoms with Crippen molar-refractivity contribution < 1.29 is 0 Å². The standard InChI is InChI=1S/C14H11N3O2/c18-13-8-15-17(14(19)16-13)9-11-6-3-5-10-4-1-2-7-12(10)11/h1-8H,9H2,(H,16,18,19). The van der Waals surface area contributed by atoms with E-state index in [1.807, 2.05) is 42.5 Å². The molecule has 1 aromatic heterocycles. The molecule has 19 heavy (non-hydrogen) atoms. The smallest absolute Gasteiger partial charge is 0.271 e. The summed E-state index contributed by atoms with van der Waals surface area (Å²) in [5.74, 6) is 0. The van der Waals surface area contributed by atoms with E-state index in [2.05, 4.69) is 10.1 Å². The minimum Gasteiger partial charge on any atom is -0.271 e. The number of hydrogen-bond acceptors (Lipinski definition) is 3. The molecule has 3 rings (SSSR count). The second kappa shape index (κ2) is 4.53. The van der Waals surface area contributed by atoms with Crippen LogP contribution in [0.15, 0.2) is 58.3 Å². The second-order valence-electron chi connectivity index (χ2n) is 4.23. The minimum absolute atomic E-state index is 0.330. The number of fused-ring (bicyclic) bond motifs is 1. The molecule has 0 atom stereocenters. The van der Waals surface area contributed by atoms with E-state index < -0.39 is 11.2 Å². The van der Waals surface area contributed by atoms with Gasteiger partial charge in [-0.05, 0) is 16.3 Å². The largest absolute Gasteiger partial charge is 0.345 e. The van der Waals surface area contributed by atoms with Crippen molar-refractivity contribution in [2.24, 2.45) is 0 Å². The van der Waals surface area contributed by atoms with Gasteiger partial charge in [0.05, 0.1) is 6.54 Å². The molecule has 3 aromatic rings. The van der Waals surface area contributed by atoms with E-state index in [0.717, 1.165) is 22.5 Å². The molecule has 0 aliphatic carbocycles. The van der Waals surface area contributed by atoms with Crippen LogP contribution in [0.25, 0.3) is 10.8 Å². The quantitative estimate of drug-likeness (QED) is 0.744. The number of benzene rings is 2. The lowest BCUT2D eigenvalue weighted by atomic mass is 10.0. The Morgan fingerprint density at radius 1 is 1.05 bits per heavy atom. The van der Waals surface area contributed by atoms with Gasteiger partial charge in [-0.3, -0.25) is 9.78 Å². The molecule has 2 aromatic carbocycles. The van der Waals surface area contributed by atoms with E-state index in [9.17, 15) is 9.59 Å². The summed E-state index contributed by atoms with van der Waals surface area (Å²) in [6, 6.07) is 13.8. The maximum absolute atomic E-state index is 11.6. The SMILES string of the molecule is O=c1cnn(Cc2cccc3ccccc23)c(=O)[nH]1. The molecule has 94 valence electrons. The van der Waals surface area contributed by atoms with Crippen LogP contribution in [0.5, 0.6) is 0 Å². The van der Waals surface area contributed by atoms with Gasteiger partial charge in [-0.2, -0.15) is 5.10 Å². The number of nitrogens with zero attached hydrogens (tertiary/aromatic N) is 2. The third kappa shape index (κ3) is 2.18. The summed E-state index contributed by atoms with van der Waals surface area (Å²) in [4.78, 5) is 24.8. The molecule has 0 bridgehead atoms. The van der Waals surface area contributed by atoms with Gasteiger partial charge in [-0.1, -0.05) is 42.5 Å². The van der Waals surface area contributed by atoms with Crippen LogP contribution >= 0.6 is 0 Å². The van der Waals surface area contributed by atoms with Crippen LogP contribution in [0.2, 0.25) is 0 Å². The van der Waals surface area contributed by atoms with Crippen molar-refractivity contribution in [3.8, 4) is 0 Å². The van der Waals surface area contributed by atoms with E-state index in [-0.39, 0.29) is 0 Å². The van der Waals surface area contributed by atoms with Gasteiger partial charge in [0.2, 0.25) is 0 Å². The summed E-state index contributed by atoms with van der Waals surface area (Å²) >= 11 is 0. The molecule has 0 aliphatic heterocycles. The van der Waals surface area contributed by atoms with Gasteiger partial charge in [0.25, 0.3) is 5.56 Å². The zero-order valence-electron chi connectivity index (χ0n) is 10.0. The predicted octanol–water partition coefficient (Wildman–Crippen LogP) is 1.13. The Hall–Kier alpha value is -2.69. The lowest BCUT2D eigenvalue weighted by molar-refractivity contribution is 0.609. The van der Waals surface area contributed by atoms with Gasteiger partial charge in [0, 0.05) is 0 Å². The lowest BCUT2D eigenvalue weighted by Crippen LogP contribution is -2.31. The maximum Gasteiger partial charge on any atom is 0.345 e. The van der Waals surface area contributed by atoms with E-state index in [1.54, 1.807) is 0 Å². The lowest BCUT2D eigenvalue weighted by Gasteiger charge is -2.07. The highest BCUT2D eigenvalue weighted by atomic mass is 16.2. The molecule has 5 heteroatoms. The van der Waals surface area contributed by atoms with Crippen molar-refractivity contribution in [1.29, 1.82) is 0 Å². The molecule has 0 amide bonds. The zero-order valence-corrected chi connectivity index (χ0v) is 10.0. The van der Waals surface area contributed by atoms with E-state index >= 15 is 0 Å². The molecule has 5 nitrogen and oxygen atoms in total. The number of H-pyrrole nitrogens is 1. The van der Waals surface area contributed by atoms with Crippen molar-refractivity contribution in [1.82, 2.24) is 14.8 Å². The molecule has 1 heterocycles. The number of hydrogen-bond donors (Lipinski definition) is 1. The molecule has 0 fully saturated rings. The number of aromatic nitrogens is 3. The van der Waals surface area contributed by atoms with Gasteiger partial charge >= 0.3 is 5.69 Å². The van der Waals surface area contributed by atoms with Gasteiger partial charge < -0.3 is 0 Å². The summed E-state index contributed by atoms with van der Waals surface area (Å²) in [5, 5.41) is 6.02. The number of aromatic amines is 1. The van der Waals surface area contributed by atoms with Crippen molar-refractivity contribution >= 4 is 10.8 Å². The first-order valence-corrected chi connectivity index (χ1v) is 5.87. The monoisotopic (exact) mass is 253 g/mol. The first-order chi connectivity index (χ1) is 9.24. The van der Waals surface area contributed by atoms with E-state index in [4.69, 9.17) is 0 Å². The molecule has 0 unspecified atom stereocenters. The van der Waals surface area contributed by atoms with Crippen LogP contribution in [0.3, 0.4) is 0 Å². The number of nitrogens with one attached hydrogen (secondary N) is 1. The highest BCUT2D eigenvalue weighted by Gasteiger charge is 2.03. The van der Waals surface area contributed by atoms with Crippen molar-refractivity contribution in [2.45, 2.75) is 6.54 Å². The fourth-order valence-electron chi connectivity index (χ4n) is 2.08. The van der Waals surface area contributed by atoms with Crippen molar-refractivity contribution in [3.05, 3.63) is 75.1 Å². The average Bonchev–Trinajstić information content (AvgIpc) is 2.42. The van der Waals surface area contributed by atoms with Gasteiger partial charge in [0.15, 0.2) is 0 Å². The molecule has 0 saturated carbocycles. The van der Waals surface area contributed by atoms with Crippen molar-refractivity contribution in [2.75, 3.05) is 0 Å². The normalized spacial score (nSPS) is 10.7. The van der Waals surface area contributed by atoms with Crippen LogP contribution in [0.1, 0.15) is 5.56 Å². The fraction of sp³-hybridized carbons (Fsp3) is 0.0714. The van der Waals surface area contributed by atoms with E-state index in [0.29, 0.717) is 6.54 Å². The highest BCUT2D eigenvalue weighted by molar-refractivity contribution is 5.85. The molecular weight excluding hydrogens is 242 g/mol. The van der Waals surface area contributed by atoms with Gasteiger partial charge in [-0.15, -0.1) is 0 Å². The Bertz CT molecular complexity index is 843. The number of rotatable bonds is 2. The molecular formula is C14H11N3O2. The molecule has 0 radical (unpaired) electrons. The zero-order chi connectivity index (χ0) is 13.2. The second-order valence-corrected chi connectivity index (χ2v) is 4.23. The van der Waals surface area contributed by atoms with Crippen LogP contribution in [0, 0.1) is 0 Å². The Morgan fingerprint density at radius 3 is 2.68 bits per heavy atom. The molecule has 0 aliphatic rings. The Labute approximate surface area is 108 Å². The predicted molar refractivity (Wildman–Crippen MR) is 72.2 cm³/mol. The Kier molecular flexibility index (Phi) is 2.72.